The van der Waals surface area contributed by atoms with Gasteiger partial charge in [-0.05, 0) is 51.4 Å². The summed E-state index contributed by atoms with van der Waals surface area (Å²) in [5.74, 6) is -0.0480. The fourth-order valence-electron chi connectivity index (χ4n) is 10.2. The molecule has 1 amide bonds. The molecule has 2 unspecified atom stereocenters. The first-order valence-electron chi connectivity index (χ1n) is 31.9. The Balaban J connectivity index is 3.42. The Kier molecular flexibility index (Phi) is 59.0. The van der Waals surface area contributed by atoms with Crippen LogP contribution in [0.3, 0.4) is 0 Å². The van der Waals surface area contributed by atoms with E-state index in [1.165, 1.54) is 276 Å². The predicted molar refractivity (Wildman–Crippen MR) is 306 cm³/mol. The van der Waals surface area contributed by atoms with Gasteiger partial charge in [-0.1, -0.05) is 309 Å². The van der Waals surface area contributed by atoms with Crippen molar-refractivity contribution in [3.05, 3.63) is 12.2 Å². The number of carbonyl (C=O) groups excluding carboxylic acids is 2. The van der Waals surface area contributed by atoms with Crippen LogP contribution in [0.15, 0.2) is 12.2 Å². The summed E-state index contributed by atoms with van der Waals surface area (Å²) in [5.41, 5.74) is 0. The van der Waals surface area contributed by atoms with Crippen LogP contribution in [0.5, 0.6) is 0 Å². The van der Waals surface area contributed by atoms with Gasteiger partial charge in [0, 0.05) is 12.8 Å². The molecule has 0 bridgehead atoms. The quantitative estimate of drug-likeness (QED) is 0.0321. The first kappa shape index (κ1) is 68.6. The summed E-state index contributed by atoms with van der Waals surface area (Å²) < 4.78 is 5.49. The molecule has 70 heavy (non-hydrogen) atoms. The summed E-state index contributed by atoms with van der Waals surface area (Å²) in [7, 11) is 0. The van der Waals surface area contributed by atoms with Crippen LogP contribution in [0.25, 0.3) is 0 Å². The van der Waals surface area contributed by atoms with Crippen LogP contribution in [0, 0.1) is 0 Å². The van der Waals surface area contributed by atoms with E-state index >= 15 is 0 Å². The number of nitrogens with one attached hydrogen (secondary N) is 1. The maximum absolute atomic E-state index is 12.5. The third-order valence-electron chi connectivity index (χ3n) is 15.1. The van der Waals surface area contributed by atoms with Gasteiger partial charge in [-0.25, -0.2) is 0 Å². The summed E-state index contributed by atoms with van der Waals surface area (Å²) in [6.07, 6.45) is 72.2. The second-order valence-corrected chi connectivity index (χ2v) is 22.1. The number of aliphatic hydroxyl groups is 2. The molecule has 6 heteroatoms. The number of carbonyl (C=O) groups is 2. The van der Waals surface area contributed by atoms with Gasteiger partial charge in [0.15, 0.2) is 0 Å². The molecule has 0 aromatic rings. The van der Waals surface area contributed by atoms with E-state index in [0.717, 1.165) is 51.4 Å². The van der Waals surface area contributed by atoms with E-state index in [1.807, 2.05) is 0 Å². The Morgan fingerprint density at radius 2 is 0.671 bits per heavy atom. The van der Waals surface area contributed by atoms with Crippen LogP contribution in [0.1, 0.15) is 361 Å². The molecule has 416 valence electrons. The molecule has 0 saturated carbocycles. The lowest BCUT2D eigenvalue weighted by Gasteiger charge is -2.22. The molecular weight excluding hydrogens is 863 g/mol. The lowest BCUT2D eigenvalue weighted by molar-refractivity contribution is -0.143. The van der Waals surface area contributed by atoms with E-state index in [4.69, 9.17) is 4.74 Å². The second-order valence-electron chi connectivity index (χ2n) is 22.1. The molecule has 0 rings (SSSR count). The molecule has 0 aliphatic rings. The summed E-state index contributed by atoms with van der Waals surface area (Å²) >= 11 is 0. The normalized spacial score (nSPS) is 12.6. The van der Waals surface area contributed by atoms with E-state index in [-0.39, 0.29) is 18.5 Å². The minimum Gasteiger partial charge on any atom is -0.466 e. The average molecular weight is 989 g/mol. The van der Waals surface area contributed by atoms with Crippen molar-refractivity contribution in [2.75, 3.05) is 13.2 Å². The van der Waals surface area contributed by atoms with Crippen molar-refractivity contribution in [2.45, 2.75) is 373 Å². The summed E-state index contributed by atoms with van der Waals surface area (Å²) in [6.45, 7) is 4.96. The zero-order chi connectivity index (χ0) is 50.7. The Labute approximate surface area is 438 Å². The summed E-state index contributed by atoms with van der Waals surface area (Å²) in [6, 6.07) is -0.552. The summed E-state index contributed by atoms with van der Waals surface area (Å²) in [4.78, 5) is 24.6. The SMILES string of the molecule is CCCCCCCC/C=C\CCCCCCCCCCCC(=O)OCCCCCCCCCCCCCCCC(=O)NC(CO)C(O)CCCCCCCCCCCCCCCCCCCCCCC. The fraction of sp³-hybridized carbons (Fsp3) is 0.938. The van der Waals surface area contributed by atoms with E-state index < -0.39 is 12.1 Å². The van der Waals surface area contributed by atoms with E-state index in [1.54, 1.807) is 0 Å². The van der Waals surface area contributed by atoms with Crippen LogP contribution in [0.2, 0.25) is 0 Å². The topological polar surface area (TPSA) is 95.9 Å². The molecular formula is C64H125NO5. The molecule has 0 aromatic heterocycles. The van der Waals surface area contributed by atoms with Crippen LogP contribution >= 0.6 is 0 Å². The number of esters is 1. The van der Waals surface area contributed by atoms with Crippen LogP contribution in [-0.2, 0) is 14.3 Å². The molecule has 2 atom stereocenters. The zero-order valence-electron chi connectivity index (χ0n) is 47.5. The molecule has 6 nitrogen and oxygen atoms in total. The van der Waals surface area contributed by atoms with Gasteiger partial charge in [0.25, 0.3) is 0 Å². The minimum absolute atomic E-state index is 0.00443. The second kappa shape index (κ2) is 60.2. The highest BCUT2D eigenvalue weighted by atomic mass is 16.5. The number of amides is 1. The van der Waals surface area contributed by atoms with Gasteiger partial charge in [0.05, 0.1) is 25.4 Å². The van der Waals surface area contributed by atoms with Crippen LogP contribution in [-0.4, -0.2) is 47.4 Å². The van der Waals surface area contributed by atoms with Crippen molar-refractivity contribution < 1.29 is 24.5 Å². The van der Waals surface area contributed by atoms with Crippen molar-refractivity contribution in [2.24, 2.45) is 0 Å². The smallest absolute Gasteiger partial charge is 0.305 e. The largest absolute Gasteiger partial charge is 0.466 e. The first-order valence-corrected chi connectivity index (χ1v) is 31.9. The number of aliphatic hydroxyl groups excluding tert-OH is 2. The number of hydrogen-bond donors (Lipinski definition) is 3. The molecule has 0 saturated heterocycles. The van der Waals surface area contributed by atoms with Gasteiger partial charge >= 0.3 is 5.97 Å². The van der Waals surface area contributed by atoms with E-state index in [9.17, 15) is 19.8 Å². The predicted octanol–water partition coefficient (Wildman–Crippen LogP) is 20.0. The van der Waals surface area contributed by atoms with Crippen molar-refractivity contribution in [3.8, 4) is 0 Å². The lowest BCUT2D eigenvalue weighted by atomic mass is 10.0. The van der Waals surface area contributed by atoms with E-state index in [0.29, 0.717) is 25.9 Å². The fourth-order valence-corrected chi connectivity index (χ4v) is 10.2. The lowest BCUT2D eigenvalue weighted by Crippen LogP contribution is -2.45. The molecule has 0 fully saturated rings. The Bertz CT molecular complexity index is 1050. The number of hydrogen-bond acceptors (Lipinski definition) is 5. The Morgan fingerprint density at radius 1 is 0.386 bits per heavy atom. The van der Waals surface area contributed by atoms with Gasteiger partial charge in [-0.3, -0.25) is 9.59 Å². The zero-order valence-corrected chi connectivity index (χ0v) is 47.5. The number of unbranched alkanes of at least 4 members (excludes halogenated alkanes) is 47. The Hall–Kier alpha value is -1.40. The van der Waals surface area contributed by atoms with Crippen molar-refractivity contribution >= 4 is 11.9 Å². The monoisotopic (exact) mass is 988 g/mol. The molecule has 0 heterocycles. The highest BCUT2D eigenvalue weighted by molar-refractivity contribution is 5.76. The minimum atomic E-state index is -0.673. The molecule has 0 aliphatic heterocycles. The number of allylic oxidation sites excluding steroid dienone is 2. The Morgan fingerprint density at radius 3 is 1.01 bits per heavy atom. The van der Waals surface area contributed by atoms with Gasteiger partial charge < -0.3 is 20.3 Å². The number of ether oxygens (including phenoxy) is 1. The van der Waals surface area contributed by atoms with Gasteiger partial charge in [0.2, 0.25) is 5.91 Å². The standard InChI is InChI=1S/C64H125NO5/c1-3-5-7-9-11-13-15-17-19-21-23-24-26-27-29-32-36-40-44-48-52-56-62(67)61(60-66)65-63(68)57-53-49-45-41-37-33-31-35-39-43-47-51-55-59-70-64(69)58-54-50-46-42-38-34-30-28-25-22-20-18-16-14-12-10-8-6-4-2/h18,20,61-62,66-67H,3-17,19,21-60H2,1-2H3,(H,65,68)/b20-18-. The van der Waals surface area contributed by atoms with E-state index in [2.05, 4.69) is 31.3 Å². The highest BCUT2D eigenvalue weighted by Gasteiger charge is 2.20. The molecule has 3 N–H and O–H groups in total. The van der Waals surface area contributed by atoms with Crippen LogP contribution in [0.4, 0.5) is 0 Å². The van der Waals surface area contributed by atoms with Crippen molar-refractivity contribution in [1.29, 1.82) is 0 Å². The van der Waals surface area contributed by atoms with Gasteiger partial charge in [-0.2, -0.15) is 0 Å². The molecule has 0 aromatic carbocycles. The first-order chi connectivity index (χ1) is 34.5. The highest BCUT2D eigenvalue weighted by Crippen LogP contribution is 2.18. The maximum atomic E-state index is 12.5. The third kappa shape index (κ3) is 55.9. The molecule has 0 aliphatic carbocycles. The summed E-state index contributed by atoms with van der Waals surface area (Å²) in [5, 5.41) is 23.4. The van der Waals surface area contributed by atoms with Crippen molar-refractivity contribution in [1.82, 2.24) is 5.32 Å². The number of rotatable bonds is 60. The van der Waals surface area contributed by atoms with Crippen molar-refractivity contribution in [3.63, 3.8) is 0 Å². The maximum Gasteiger partial charge on any atom is 0.305 e. The van der Waals surface area contributed by atoms with Gasteiger partial charge in [0.1, 0.15) is 0 Å². The molecule has 0 spiro atoms. The van der Waals surface area contributed by atoms with Crippen LogP contribution < -0.4 is 5.32 Å². The average Bonchev–Trinajstić information content (AvgIpc) is 3.36. The molecule has 0 radical (unpaired) electrons. The third-order valence-corrected chi connectivity index (χ3v) is 15.1. The van der Waals surface area contributed by atoms with Gasteiger partial charge in [-0.15, -0.1) is 0 Å².